The van der Waals surface area contributed by atoms with E-state index in [0.29, 0.717) is 11.4 Å². The summed E-state index contributed by atoms with van der Waals surface area (Å²) in [5.74, 6) is 0.157. The average molecular weight is 271 g/mol. The molecule has 0 saturated carbocycles. The molecule has 1 N–H and O–H groups in total. The molecule has 1 atom stereocenters. The lowest BCUT2D eigenvalue weighted by Gasteiger charge is -2.11. The zero-order valence-electron chi connectivity index (χ0n) is 9.28. The van der Waals surface area contributed by atoms with Crippen molar-refractivity contribution in [3.63, 3.8) is 0 Å². The summed E-state index contributed by atoms with van der Waals surface area (Å²) in [5.41, 5.74) is 0.643. The van der Waals surface area contributed by atoms with E-state index in [-0.39, 0.29) is 11.1 Å². The zero-order chi connectivity index (χ0) is 12.7. The third-order valence-corrected chi connectivity index (χ3v) is 3.19. The quantitative estimate of drug-likeness (QED) is 0.877. The highest BCUT2D eigenvalue weighted by Crippen LogP contribution is 2.20. The van der Waals surface area contributed by atoms with Gasteiger partial charge in [-0.05, 0) is 30.5 Å². The molecule has 0 spiro atoms. The summed E-state index contributed by atoms with van der Waals surface area (Å²) in [6, 6.07) is 6.12. The molecule has 5 heteroatoms. The minimum atomic E-state index is -0.464. The Morgan fingerprint density at radius 2 is 2.41 bits per heavy atom. The van der Waals surface area contributed by atoms with Crippen molar-refractivity contribution in [3.05, 3.63) is 40.5 Å². The van der Waals surface area contributed by atoms with Crippen molar-refractivity contribution in [1.29, 1.82) is 5.26 Å². The lowest BCUT2D eigenvalue weighted by Crippen LogP contribution is -2.19. The van der Waals surface area contributed by atoms with Crippen LogP contribution in [0.25, 0.3) is 0 Å². The molecule has 0 aromatic heterocycles. The summed E-state index contributed by atoms with van der Waals surface area (Å²) in [4.78, 5) is 0. The Balaban J connectivity index is 2.61. The van der Waals surface area contributed by atoms with Gasteiger partial charge in [-0.15, -0.1) is 11.8 Å². The molecule has 0 aliphatic heterocycles. The van der Waals surface area contributed by atoms with Gasteiger partial charge in [0, 0.05) is 11.4 Å². The van der Waals surface area contributed by atoms with E-state index in [4.69, 9.17) is 16.9 Å². The van der Waals surface area contributed by atoms with Gasteiger partial charge in [-0.1, -0.05) is 17.7 Å². The van der Waals surface area contributed by atoms with Crippen molar-refractivity contribution < 1.29 is 4.39 Å². The van der Waals surface area contributed by atoms with Crippen LogP contribution in [-0.2, 0) is 0 Å². The molecule has 0 amide bonds. The predicted octanol–water partition coefficient (Wildman–Crippen LogP) is 4.05. The van der Waals surface area contributed by atoms with Gasteiger partial charge in [0.05, 0.1) is 11.1 Å². The normalized spacial score (nSPS) is 12.4. The third kappa shape index (κ3) is 4.68. The van der Waals surface area contributed by atoms with Crippen LogP contribution in [0.5, 0.6) is 0 Å². The molecule has 1 unspecified atom stereocenters. The molecule has 0 radical (unpaired) electrons. The van der Waals surface area contributed by atoms with Gasteiger partial charge in [0.25, 0.3) is 0 Å². The average Bonchev–Trinajstić information content (AvgIpc) is 2.32. The summed E-state index contributed by atoms with van der Waals surface area (Å²) in [6.45, 7) is 1.92. The van der Waals surface area contributed by atoms with Crippen LogP contribution in [0, 0.1) is 17.1 Å². The second-order valence-corrected chi connectivity index (χ2v) is 4.60. The Bertz CT molecular complexity index is 443. The van der Waals surface area contributed by atoms with E-state index in [1.807, 2.05) is 18.4 Å². The summed E-state index contributed by atoms with van der Waals surface area (Å²) in [6.07, 6.45) is 1.91. The lowest BCUT2D eigenvalue weighted by molar-refractivity contribution is 0.628. The van der Waals surface area contributed by atoms with Crippen molar-refractivity contribution >= 4 is 29.1 Å². The Labute approximate surface area is 109 Å². The summed E-state index contributed by atoms with van der Waals surface area (Å²) in [5, 5.41) is 13.9. The second-order valence-electron chi connectivity index (χ2n) is 3.26. The van der Waals surface area contributed by atoms with Gasteiger partial charge < -0.3 is 5.32 Å². The molecule has 2 nitrogen and oxygen atoms in total. The molecule has 90 valence electrons. The molecular formula is C12H12ClFN2S. The first-order valence-electron chi connectivity index (χ1n) is 5.01. The van der Waals surface area contributed by atoms with Crippen molar-refractivity contribution in [3.8, 4) is 6.07 Å². The third-order valence-electron chi connectivity index (χ3n) is 1.91. The molecule has 1 rings (SSSR count). The number of benzene rings is 1. The Hall–Kier alpha value is -1.18. The zero-order valence-corrected chi connectivity index (χ0v) is 10.9. The van der Waals surface area contributed by atoms with Crippen LogP contribution in [0.2, 0.25) is 5.02 Å². The van der Waals surface area contributed by atoms with Crippen LogP contribution in [0.15, 0.2) is 29.7 Å². The molecule has 17 heavy (non-hydrogen) atoms. The SMILES string of the molecule is CC=CSCC(C#N)Nc1ccc(F)c(Cl)c1. The van der Waals surface area contributed by atoms with Gasteiger partial charge in [0.1, 0.15) is 11.9 Å². The largest absolute Gasteiger partial charge is 0.369 e. The molecule has 0 heterocycles. The van der Waals surface area contributed by atoms with E-state index < -0.39 is 5.82 Å². The van der Waals surface area contributed by atoms with Gasteiger partial charge >= 0.3 is 0 Å². The minimum Gasteiger partial charge on any atom is -0.369 e. The van der Waals surface area contributed by atoms with Crippen LogP contribution in [0.1, 0.15) is 6.92 Å². The molecular weight excluding hydrogens is 259 g/mol. The monoisotopic (exact) mass is 270 g/mol. The maximum Gasteiger partial charge on any atom is 0.141 e. The first-order valence-corrected chi connectivity index (χ1v) is 6.44. The molecule has 0 bridgehead atoms. The summed E-state index contributed by atoms with van der Waals surface area (Å²) < 4.78 is 12.9. The van der Waals surface area contributed by atoms with Crippen molar-refractivity contribution in [2.75, 3.05) is 11.1 Å². The number of thioether (sulfide) groups is 1. The highest BCUT2D eigenvalue weighted by molar-refractivity contribution is 8.02. The first-order chi connectivity index (χ1) is 8.17. The summed E-state index contributed by atoms with van der Waals surface area (Å²) in [7, 11) is 0. The number of allylic oxidation sites excluding steroid dienone is 1. The van der Waals surface area contributed by atoms with Gasteiger partial charge in [-0.2, -0.15) is 5.26 Å². The summed E-state index contributed by atoms with van der Waals surface area (Å²) >= 11 is 7.19. The second kappa shape index (κ2) is 7.21. The van der Waals surface area contributed by atoms with Crippen LogP contribution < -0.4 is 5.32 Å². The van der Waals surface area contributed by atoms with Crippen LogP contribution >= 0.6 is 23.4 Å². The number of hydrogen-bond donors (Lipinski definition) is 1. The minimum absolute atomic E-state index is 0.0489. The van der Waals surface area contributed by atoms with E-state index in [1.165, 1.54) is 23.9 Å². The fourth-order valence-corrected chi connectivity index (χ4v) is 1.98. The van der Waals surface area contributed by atoms with Gasteiger partial charge in [-0.3, -0.25) is 0 Å². The Kier molecular flexibility index (Phi) is 5.88. The van der Waals surface area contributed by atoms with E-state index in [2.05, 4.69) is 11.4 Å². The van der Waals surface area contributed by atoms with Crippen LogP contribution in [-0.4, -0.2) is 11.8 Å². The smallest absolute Gasteiger partial charge is 0.141 e. The number of nitrogens with zero attached hydrogens (tertiary/aromatic N) is 1. The van der Waals surface area contributed by atoms with Gasteiger partial charge in [0.15, 0.2) is 0 Å². The van der Waals surface area contributed by atoms with Gasteiger partial charge in [0.2, 0.25) is 0 Å². The topological polar surface area (TPSA) is 35.8 Å². The number of nitriles is 1. The van der Waals surface area contributed by atoms with E-state index >= 15 is 0 Å². The molecule has 0 aliphatic carbocycles. The Morgan fingerprint density at radius 3 is 3.00 bits per heavy atom. The van der Waals surface area contributed by atoms with E-state index in [1.54, 1.807) is 6.07 Å². The highest BCUT2D eigenvalue weighted by Gasteiger charge is 2.07. The van der Waals surface area contributed by atoms with Gasteiger partial charge in [-0.25, -0.2) is 4.39 Å². The maximum absolute atomic E-state index is 12.9. The van der Waals surface area contributed by atoms with Crippen LogP contribution in [0.3, 0.4) is 0 Å². The fourth-order valence-electron chi connectivity index (χ4n) is 1.15. The lowest BCUT2D eigenvalue weighted by atomic mass is 10.2. The molecule has 0 fully saturated rings. The standard InChI is InChI=1S/C12H12ClFN2S/c1-2-5-17-8-10(7-15)16-9-3-4-12(14)11(13)6-9/h2-6,10,16H,8H2,1H3. The molecule has 1 aromatic rings. The molecule has 0 aliphatic rings. The molecule has 1 aromatic carbocycles. The first kappa shape index (κ1) is 13.9. The van der Waals surface area contributed by atoms with E-state index in [9.17, 15) is 4.39 Å². The number of rotatable bonds is 5. The molecule has 0 saturated heterocycles. The highest BCUT2D eigenvalue weighted by atomic mass is 35.5. The number of hydrogen-bond acceptors (Lipinski definition) is 3. The Morgan fingerprint density at radius 1 is 1.65 bits per heavy atom. The fraction of sp³-hybridized carbons (Fsp3) is 0.250. The number of anilines is 1. The number of nitrogens with one attached hydrogen (secondary N) is 1. The van der Waals surface area contributed by atoms with E-state index in [0.717, 1.165) is 0 Å². The number of halogens is 2. The van der Waals surface area contributed by atoms with Crippen molar-refractivity contribution in [2.45, 2.75) is 13.0 Å². The predicted molar refractivity (Wildman–Crippen MR) is 71.7 cm³/mol. The van der Waals surface area contributed by atoms with Crippen LogP contribution in [0.4, 0.5) is 10.1 Å². The maximum atomic E-state index is 12.9. The van der Waals surface area contributed by atoms with Crippen molar-refractivity contribution in [1.82, 2.24) is 0 Å². The van der Waals surface area contributed by atoms with Crippen molar-refractivity contribution in [2.24, 2.45) is 0 Å².